The topological polar surface area (TPSA) is 37.4 Å². The molecule has 5 heteroatoms. The minimum atomic E-state index is 0.769. The summed E-state index contributed by atoms with van der Waals surface area (Å²) in [6, 6.07) is 0. The summed E-state index contributed by atoms with van der Waals surface area (Å²) >= 11 is 1.72. The summed E-state index contributed by atoms with van der Waals surface area (Å²) in [5.74, 6) is 0. The van der Waals surface area contributed by atoms with Gasteiger partial charge in [-0.25, -0.2) is 4.98 Å². The van der Waals surface area contributed by atoms with Crippen LogP contribution in [0.25, 0.3) is 0 Å². The van der Waals surface area contributed by atoms with Gasteiger partial charge in [-0.2, -0.15) is 0 Å². The Balaban J connectivity index is 2.33. The van der Waals surface area contributed by atoms with Crippen molar-refractivity contribution in [3.8, 4) is 0 Å². The van der Waals surface area contributed by atoms with E-state index >= 15 is 0 Å². The van der Waals surface area contributed by atoms with Crippen molar-refractivity contribution in [2.24, 2.45) is 0 Å². The summed E-state index contributed by atoms with van der Waals surface area (Å²) in [4.78, 5) is 6.79. The fourth-order valence-corrected chi connectivity index (χ4v) is 2.09. The first-order valence-electron chi connectivity index (χ1n) is 5.57. The zero-order chi connectivity index (χ0) is 11.8. The summed E-state index contributed by atoms with van der Waals surface area (Å²) in [7, 11) is 3.81. The van der Waals surface area contributed by atoms with Gasteiger partial charge in [0.25, 0.3) is 0 Å². The van der Waals surface area contributed by atoms with Gasteiger partial charge in [0, 0.05) is 32.1 Å². The molecule has 16 heavy (non-hydrogen) atoms. The third kappa shape index (κ3) is 5.03. The molecule has 1 rings (SSSR count). The molecule has 0 spiro atoms. The first-order valence-corrected chi connectivity index (χ1v) is 6.45. The van der Waals surface area contributed by atoms with Crippen molar-refractivity contribution >= 4 is 11.3 Å². The quantitative estimate of drug-likeness (QED) is 0.747. The molecule has 1 aromatic rings. The van der Waals surface area contributed by atoms with E-state index in [1.54, 1.807) is 18.4 Å². The highest BCUT2D eigenvalue weighted by Gasteiger charge is 2.04. The van der Waals surface area contributed by atoms with Gasteiger partial charge in [-0.3, -0.25) is 4.90 Å². The minimum Gasteiger partial charge on any atom is -0.383 e. The highest BCUT2D eigenvalue weighted by molar-refractivity contribution is 7.09. The number of methoxy groups -OCH3 is 1. The van der Waals surface area contributed by atoms with Gasteiger partial charge in [0.1, 0.15) is 5.01 Å². The smallest absolute Gasteiger partial charge is 0.107 e. The number of rotatable bonds is 8. The monoisotopic (exact) mass is 243 g/mol. The maximum absolute atomic E-state index is 5.04. The average Bonchev–Trinajstić information content (AvgIpc) is 2.71. The Morgan fingerprint density at radius 2 is 2.38 bits per heavy atom. The first kappa shape index (κ1) is 13.6. The molecule has 0 saturated heterocycles. The fourth-order valence-electron chi connectivity index (χ4n) is 1.34. The third-order valence-electron chi connectivity index (χ3n) is 2.23. The van der Waals surface area contributed by atoms with E-state index in [9.17, 15) is 0 Å². The van der Waals surface area contributed by atoms with Crippen LogP contribution in [0.15, 0.2) is 5.38 Å². The van der Waals surface area contributed by atoms with Crippen LogP contribution < -0.4 is 5.32 Å². The molecule has 1 heterocycles. The Kier molecular flexibility index (Phi) is 6.56. The van der Waals surface area contributed by atoms with E-state index in [1.165, 1.54) is 0 Å². The third-order valence-corrected chi connectivity index (χ3v) is 3.13. The van der Waals surface area contributed by atoms with Gasteiger partial charge in [-0.1, -0.05) is 6.92 Å². The SMILES string of the molecule is CCNCc1nc(CN(C)CCOC)cs1. The molecular weight excluding hydrogens is 222 g/mol. The van der Waals surface area contributed by atoms with Crippen LogP contribution in [-0.4, -0.2) is 43.7 Å². The van der Waals surface area contributed by atoms with Gasteiger partial charge in [-0.15, -0.1) is 11.3 Å². The van der Waals surface area contributed by atoms with E-state index < -0.39 is 0 Å². The van der Waals surface area contributed by atoms with E-state index in [0.717, 1.165) is 43.5 Å². The Hall–Kier alpha value is -0.490. The zero-order valence-corrected chi connectivity index (χ0v) is 11.1. The Morgan fingerprint density at radius 1 is 1.56 bits per heavy atom. The molecular formula is C11H21N3OS. The van der Waals surface area contributed by atoms with Crippen LogP contribution in [0.3, 0.4) is 0 Å². The Bertz CT molecular complexity index is 291. The molecule has 0 aliphatic carbocycles. The lowest BCUT2D eigenvalue weighted by Crippen LogP contribution is -2.22. The number of thiazole rings is 1. The van der Waals surface area contributed by atoms with E-state index in [2.05, 4.69) is 34.6 Å². The summed E-state index contributed by atoms with van der Waals surface area (Å²) in [5, 5.41) is 6.58. The fraction of sp³-hybridized carbons (Fsp3) is 0.727. The number of likely N-dealkylation sites (N-methyl/N-ethyl adjacent to an activating group) is 1. The van der Waals surface area contributed by atoms with Crippen molar-refractivity contribution in [2.45, 2.75) is 20.0 Å². The van der Waals surface area contributed by atoms with Gasteiger partial charge in [0.15, 0.2) is 0 Å². The van der Waals surface area contributed by atoms with Crippen molar-refractivity contribution in [2.75, 3.05) is 33.9 Å². The summed E-state index contributed by atoms with van der Waals surface area (Å²) < 4.78 is 5.04. The lowest BCUT2D eigenvalue weighted by atomic mass is 10.4. The van der Waals surface area contributed by atoms with Crippen molar-refractivity contribution in [1.82, 2.24) is 15.2 Å². The predicted molar refractivity (Wildman–Crippen MR) is 67.7 cm³/mol. The van der Waals surface area contributed by atoms with Crippen molar-refractivity contribution in [3.63, 3.8) is 0 Å². The molecule has 0 fully saturated rings. The van der Waals surface area contributed by atoms with Crippen LogP contribution in [0.2, 0.25) is 0 Å². The number of nitrogens with zero attached hydrogens (tertiary/aromatic N) is 2. The van der Waals surface area contributed by atoms with E-state index in [4.69, 9.17) is 4.74 Å². The molecule has 0 bridgehead atoms. The second-order valence-corrected chi connectivity index (χ2v) is 4.69. The number of aromatic nitrogens is 1. The van der Waals surface area contributed by atoms with Crippen molar-refractivity contribution in [3.05, 3.63) is 16.1 Å². The molecule has 0 aromatic carbocycles. The highest BCUT2D eigenvalue weighted by atomic mass is 32.1. The molecule has 0 atom stereocenters. The van der Waals surface area contributed by atoms with Crippen LogP contribution in [0.4, 0.5) is 0 Å². The van der Waals surface area contributed by atoms with E-state index in [-0.39, 0.29) is 0 Å². The van der Waals surface area contributed by atoms with Crippen LogP contribution in [0.5, 0.6) is 0 Å². The van der Waals surface area contributed by atoms with Gasteiger partial charge in [0.2, 0.25) is 0 Å². The van der Waals surface area contributed by atoms with Crippen LogP contribution >= 0.6 is 11.3 Å². The van der Waals surface area contributed by atoms with Gasteiger partial charge in [0.05, 0.1) is 12.3 Å². The summed E-state index contributed by atoms with van der Waals surface area (Å²) in [6.07, 6.45) is 0. The zero-order valence-electron chi connectivity index (χ0n) is 10.3. The number of hydrogen-bond donors (Lipinski definition) is 1. The molecule has 0 amide bonds. The summed E-state index contributed by atoms with van der Waals surface area (Å²) in [6.45, 7) is 6.58. The predicted octanol–water partition coefficient (Wildman–Crippen LogP) is 1.33. The van der Waals surface area contributed by atoms with Crippen LogP contribution in [-0.2, 0) is 17.8 Å². The molecule has 92 valence electrons. The van der Waals surface area contributed by atoms with Gasteiger partial charge >= 0.3 is 0 Å². The molecule has 0 saturated carbocycles. The highest BCUT2D eigenvalue weighted by Crippen LogP contribution is 2.10. The lowest BCUT2D eigenvalue weighted by Gasteiger charge is -2.13. The first-order chi connectivity index (χ1) is 7.76. The molecule has 4 nitrogen and oxygen atoms in total. The maximum atomic E-state index is 5.04. The number of hydrogen-bond acceptors (Lipinski definition) is 5. The molecule has 0 aliphatic heterocycles. The lowest BCUT2D eigenvalue weighted by molar-refractivity contribution is 0.158. The Labute approximate surface area is 102 Å². The largest absolute Gasteiger partial charge is 0.383 e. The molecule has 1 aromatic heterocycles. The second kappa shape index (κ2) is 7.73. The summed E-state index contributed by atoms with van der Waals surface area (Å²) in [5.41, 5.74) is 1.15. The minimum absolute atomic E-state index is 0.769. The van der Waals surface area contributed by atoms with E-state index in [1.807, 2.05) is 0 Å². The number of ether oxygens (including phenoxy) is 1. The molecule has 1 N–H and O–H groups in total. The van der Waals surface area contributed by atoms with Gasteiger partial charge in [-0.05, 0) is 13.6 Å². The van der Waals surface area contributed by atoms with Crippen LogP contribution in [0, 0.1) is 0 Å². The average molecular weight is 243 g/mol. The molecule has 0 unspecified atom stereocenters. The maximum Gasteiger partial charge on any atom is 0.107 e. The Morgan fingerprint density at radius 3 is 3.06 bits per heavy atom. The normalized spacial score (nSPS) is 11.2. The number of nitrogens with one attached hydrogen (secondary N) is 1. The van der Waals surface area contributed by atoms with Crippen molar-refractivity contribution < 1.29 is 4.74 Å². The standard InChI is InChI=1S/C11H21N3OS/c1-4-12-7-11-13-10(9-16-11)8-14(2)5-6-15-3/h9,12H,4-8H2,1-3H3. The second-order valence-electron chi connectivity index (χ2n) is 3.74. The van der Waals surface area contributed by atoms with E-state index in [0.29, 0.717) is 0 Å². The van der Waals surface area contributed by atoms with Crippen LogP contribution in [0.1, 0.15) is 17.6 Å². The van der Waals surface area contributed by atoms with Gasteiger partial charge < -0.3 is 10.1 Å². The molecule has 0 radical (unpaired) electrons. The van der Waals surface area contributed by atoms with Crippen molar-refractivity contribution in [1.29, 1.82) is 0 Å². The molecule has 0 aliphatic rings.